The van der Waals surface area contributed by atoms with Gasteiger partial charge in [0.25, 0.3) is 0 Å². The van der Waals surface area contributed by atoms with Crippen LogP contribution in [0.1, 0.15) is 0 Å². The Labute approximate surface area is 89.8 Å². The van der Waals surface area contributed by atoms with Crippen molar-refractivity contribution in [2.75, 3.05) is 0 Å². The number of hydrogen-bond acceptors (Lipinski definition) is 3. The average molecular weight is 221 g/mol. The summed E-state index contributed by atoms with van der Waals surface area (Å²) in [6.45, 7) is 0. The molecule has 2 rings (SSSR count). The third-order valence-corrected chi connectivity index (χ3v) is 1.99. The number of rotatable bonds is 2. The Balaban J connectivity index is 2.60. The molecule has 7 heteroatoms. The maximum Gasteiger partial charge on any atom is 0.138 e. The molecule has 15 heavy (non-hydrogen) atoms. The maximum absolute atomic E-state index is 8.40. The van der Waals surface area contributed by atoms with Crippen LogP contribution >= 0.6 is 11.6 Å². The summed E-state index contributed by atoms with van der Waals surface area (Å²) in [5.74, 6) is 0. The molecule has 74 valence electrons. The Kier molecular flexibility index (Phi) is 2.53. The molecule has 0 N–H and O–H groups in total. The number of hydrogen-bond donors (Lipinski definition) is 0. The highest BCUT2D eigenvalue weighted by atomic mass is 35.5. The summed E-state index contributed by atoms with van der Waals surface area (Å²) in [6, 6.07) is 4.97. The minimum atomic E-state index is 0.413. The zero-order chi connectivity index (χ0) is 10.7. The van der Waals surface area contributed by atoms with Gasteiger partial charge in [-0.15, -0.1) is 0 Å². The van der Waals surface area contributed by atoms with Crippen molar-refractivity contribution < 1.29 is 0 Å². The Morgan fingerprint density at radius 2 is 2.33 bits per heavy atom. The molecule has 0 aliphatic heterocycles. The van der Waals surface area contributed by atoms with E-state index in [-0.39, 0.29) is 0 Å². The fraction of sp³-hybridized carbons (Fsp3) is 0. The summed E-state index contributed by atoms with van der Waals surface area (Å²) >= 11 is 5.79. The van der Waals surface area contributed by atoms with Crippen molar-refractivity contribution in [1.82, 2.24) is 14.8 Å². The van der Waals surface area contributed by atoms with Gasteiger partial charge >= 0.3 is 0 Å². The highest BCUT2D eigenvalue weighted by molar-refractivity contribution is 6.30. The van der Waals surface area contributed by atoms with Crippen LogP contribution in [0.25, 0.3) is 16.1 Å². The quantitative estimate of drug-likeness (QED) is 0.443. The first-order chi connectivity index (χ1) is 7.31. The van der Waals surface area contributed by atoms with Crippen LogP contribution in [0.3, 0.4) is 0 Å². The fourth-order valence-electron chi connectivity index (χ4n) is 1.15. The Morgan fingerprint density at radius 1 is 1.47 bits per heavy atom. The van der Waals surface area contributed by atoms with Crippen LogP contribution in [0, 0.1) is 0 Å². The van der Waals surface area contributed by atoms with E-state index in [0.717, 1.165) is 0 Å². The van der Waals surface area contributed by atoms with Crippen molar-refractivity contribution in [3.8, 4) is 5.69 Å². The van der Waals surface area contributed by atoms with Gasteiger partial charge in [0.2, 0.25) is 0 Å². The minimum absolute atomic E-state index is 0.413. The number of azide groups is 1. The first-order valence-electron chi connectivity index (χ1n) is 4.01. The Morgan fingerprint density at radius 3 is 3.00 bits per heavy atom. The van der Waals surface area contributed by atoms with Gasteiger partial charge in [-0.1, -0.05) is 16.7 Å². The highest BCUT2D eigenvalue weighted by Gasteiger charge is 2.04. The molecule has 0 saturated heterocycles. The molecule has 0 spiro atoms. The topological polar surface area (TPSA) is 79.5 Å². The predicted octanol–water partition coefficient (Wildman–Crippen LogP) is 2.86. The van der Waals surface area contributed by atoms with Crippen LogP contribution < -0.4 is 0 Å². The number of benzene rings is 1. The molecule has 6 nitrogen and oxygen atoms in total. The SMILES string of the molecule is [N-]=[N+]=Nc1cc(Cl)ccc1-n1cncn1. The molecule has 0 aliphatic rings. The van der Waals surface area contributed by atoms with Gasteiger partial charge in [0.15, 0.2) is 0 Å². The fourth-order valence-corrected chi connectivity index (χ4v) is 1.32. The van der Waals surface area contributed by atoms with Gasteiger partial charge < -0.3 is 0 Å². The van der Waals surface area contributed by atoms with E-state index >= 15 is 0 Å². The largest absolute Gasteiger partial charge is 0.223 e. The van der Waals surface area contributed by atoms with E-state index in [1.807, 2.05) is 0 Å². The molecule has 0 unspecified atom stereocenters. The van der Waals surface area contributed by atoms with Gasteiger partial charge in [-0.25, -0.2) is 9.67 Å². The van der Waals surface area contributed by atoms with E-state index < -0.39 is 0 Å². The number of nitrogens with zero attached hydrogens (tertiary/aromatic N) is 6. The van der Waals surface area contributed by atoms with Gasteiger partial charge in [0.05, 0.1) is 11.4 Å². The van der Waals surface area contributed by atoms with Crippen molar-refractivity contribution >= 4 is 17.3 Å². The van der Waals surface area contributed by atoms with Crippen molar-refractivity contribution in [2.24, 2.45) is 5.11 Å². The summed E-state index contributed by atoms with van der Waals surface area (Å²) in [5.41, 5.74) is 9.45. The van der Waals surface area contributed by atoms with Crippen LogP contribution in [-0.2, 0) is 0 Å². The lowest BCUT2D eigenvalue weighted by atomic mass is 10.3. The van der Waals surface area contributed by atoms with Gasteiger partial charge in [-0.3, -0.25) is 0 Å². The lowest BCUT2D eigenvalue weighted by molar-refractivity contribution is 0.878. The highest BCUT2D eigenvalue weighted by Crippen LogP contribution is 2.26. The predicted molar refractivity (Wildman–Crippen MR) is 55.2 cm³/mol. The normalized spacial score (nSPS) is 9.67. The second kappa shape index (κ2) is 4.00. The first kappa shape index (κ1) is 9.51. The van der Waals surface area contributed by atoms with E-state index in [4.69, 9.17) is 17.1 Å². The van der Waals surface area contributed by atoms with Crippen LogP contribution in [0.4, 0.5) is 5.69 Å². The average Bonchev–Trinajstić information content (AvgIpc) is 2.71. The van der Waals surface area contributed by atoms with Crippen LogP contribution in [0.15, 0.2) is 36.0 Å². The molecule has 0 bridgehead atoms. The Bertz CT molecular complexity index is 514. The van der Waals surface area contributed by atoms with Gasteiger partial charge in [0, 0.05) is 9.93 Å². The van der Waals surface area contributed by atoms with Crippen molar-refractivity contribution in [1.29, 1.82) is 0 Å². The summed E-state index contributed by atoms with van der Waals surface area (Å²) < 4.78 is 1.50. The van der Waals surface area contributed by atoms with E-state index in [2.05, 4.69) is 20.1 Å². The van der Waals surface area contributed by atoms with Gasteiger partial charge in [-0.05, 0) is 23.7 Å². The monoisotopic (exact) mass is 220 g/mol. The molecule has 0 atom stereocenters. The third kappa shape index (κ3) is 1.90. The van der Waals surface area contributed by atoms with Crippen molar-refractivity contribution in [3.63, 3.8) is 0 Å². The lowest BCUT2D eigenvalue weighted by Crippen LogP contribution is -1.94. The van der Waals surface area contributed by atoms with Crippen molar-refractivity contribution in [3.05, 3.63) is 46.3 Å². The lowest BCUT2D eigenvalue weighted by Gasteiger charge is -2.04. The first-order valence-corrected chi connectivity index (χ1v) is 4.38. The molecule has 1 aromatic heterocycles. The summed E-state index contributed by atoms with van der Waals surface area (Å²) in [6.07, 6.45) is 2.91. The molecular weight excluding hydrogens is 216 g/mol. The molecule has 1 aromatic carbocycles. The second-order valence-electron chi connectivity index (χ2n) is 2.66. The third-order valence-electron chi connectivity index (χ3n) is 1.76. The molecular formula is C8H5ClN6. The van der Waals surface area contributed by atoms with Crippen LogP contribution in [0.2, 0.25) is 5.02 Å². The smallest absolute Gasteiger partial charge is 0.138 e. The molecule has 0 saturated carbocycles. The maximum atomic E-state index is 8.40. The van der Waals surface area contributed by atoms with E-state index in [1.54, 1.807) is 18.2 Å². The standard InChI is InChI=1S/C8H5ClN6/c9-6-1-2-8(7(3-6)13-14-10)15-5-11-4-12-15/h1-5H. The van der Waals surface area contributed by atoms with E-state index in [1.165, 1.54) is 17.3 Å². The minimum Gasteiger partial charge on any atom is -0.223 e. The zero-order valence-electron chi connectivity index (χ0n) is 7.45. The molecule has 0 radical (unpaired) electrons. The summed E-state index contributed by atoms with van der Waals surface area (Å²) in [4.78, 5) is 6.53. The molecule has 0 amide bonds. The molecule has 1 heterocycles. The van der Waals surface area contributed by atoms with E-state index in [0.29, 0.717) is 16.4 Å². The molecule has 0 fully saturated rings. The van der Waals surface area contributed by atoms with Gasteiger partial charge in [-0.2, -0.15) is 5.10 Å². The Hall–Kier alpha value is -2.04. The molecule has 2 aromatic rings. The zero-order valence-corrected chi connectivity index (χ0v) is 8.20. The number of halogens is 1. The van der Waals surface area contributed by atoms with Crippen LogP contribution in [-0.4, -0.2) is 14.8 Å². The summed E-state index contributed by atoms with van der Waals surface area (Å²) in [5, 5.41) is 7.97. The van der Waals surface area contributed by atoms with E-state index in [9.17, 15) is 0 Å². The molecule has 0 aliphatic carbocycles. The van der Waals surface area contributed by atoms with Crippen molar-refractivity contribution in [2.45, 2.75) is 0 Å². The second-order valence-corrected chi connectivity index (χ2v) is 3.10. The van der Waals surface area contributed by atoms with Crippen LogP contribution in [0.5, 0.6) is 0 Å². The number of aromatic nitrogens is 3. The summed E-state index contributed by atoms with van der Waals surface area (Å²) in [7, 11) is 0. The van der Waals surface area contributed by atoms with Gasteiger partial charge in [0.1, 0.15) is 12.7 Å².